The van der Waals surface area contributed by atoms with E-state index >= 15 is 0 Å². The number of ether oxygens (including phenoxy) is 2. The summed E-state index contributed by atoms with van der Waals surface area (Å²) in [5.41, 5.74) is 4.14. The molecule has 0 aliphatic heterocycles. The number of nitrogens with zero attached hydrogens (tertiary/aromatic N) is 5. The number of aromatic nitrogens is 3. The molecule has 0 fully saturated rings. The number of carbonyl (C=O) groups excluding carboxylic acids is 1. The summed E-state index contributed by atoms with van der Waals surface area (Å²) in [5, 5.41) is 24.1. The first-order valence-corrected chi connectivity index (χ1v) is 12.4. The van der Waals surface area contributed by atoms with E-state index in [1.165, 1.54) is 30.1 Å². The third-order valence-corrected chi connectivity index (χ3v) is 6.44. The van der Waals surface area contributed by atoms with Gasteiger partial charge in [-0.3, -0.25) is 19.5 Å². The quantitative estimate of drug-likeness (QED) is 0.129. The van der Waals surface area contributed by atoms with Crippen LogP contribution < -0.4 is 14.9 Å². The Kier molecular flexibility index (Phi) is 8.56. The predicted octanol–water partition coefficient (Wildman–Crippen LogP) is 4.76. The summed E-state index contributed by atoms with van der Waals surface area (Å²) in [6.45, 7) is 0. The predicted molar refractivity (Wildman–Crippen MR) is 144 cm³/mol. The van der Waals surface area contributed by atoms with Gasteiger partial charge in [-0.05, 0) is 36.4 Å². The molecule has 0 atom stereocenters. The summed E-state index contributed by atoms with van der Waals surface area (Å²) < 4.78 is 12.6. The maximum Gasteiger partial charge on any atom is 0.288 e. The molecule has 0 aliphatic carbocycles. The zero-order chi connectivity index (χ0) is 27.1. The lowest BCUT2D eigenvalue weighted by Gasteiger charge is -2.12. The van der Waals surface area contributed by atoms with Crippen LogP contribution in [0.3, 0.4) is 0 Å². The number of methoxy groups -OCH3 is 2. The number of benzene rings is 3. The van der Waals surface area contributed by atoms with Crippen LogP contribution in [0.4, 0.5) is 5.69 Å². The summed E-state index contributed by atoms with van der Waals surface area (Å²) in [4.78, 5) is 22.9. The Morgan fingerprint density at radius 3 is 2.58 bits per heavy atom. The van der Waals surface area contributed by atoms with Crippen LogP contribution in [0.15, 0.2) is 77.0 Å². The van der Waals surface area contributed by atoms with E-state index in [9.17, 15) is 14.9 Å². The molecule has 0 saturated heterocycles. The van der Waals surface area contributed by atoms with Gasteiger partial charge >= 0.3 is 0 Å². The van der Waals surface area contributed by atoms with E-state index < -0.39 is 10.8 Å². The molecular weight excluding hydrogens is 532 g/mol. The minimum atomic E-state index is -0.589. The maximum atomic E-state index is 12.5. The lowest BCUT2D eigenvalue weighted by atomic mass is 10.2. The molecule has 1 heterocycles. The Balaban J connectivity index is 1.52. The van der Waals surface area contributed by atoms with Crippen LogP contribution in [-0.2, 0) is 4.79 Å². The Morgan fingerprint density at radius 1 is 1.11 bits per heavy atom. The number of nitrogens with one attached hydrogen (secondary N) is 1. The van der Waals surface area contributed by atoms with E-state index in [1.54, 1.807) is 32.4 Å². The highest BCUT2D eigenvalue weighted by atomic mass is 35.5. The molecule has 38 heavy (non-hydrogen) atoms. The van der Waals surface area contributed by atoms with Crippen LogP contribution in [0.1, 0.15) is 5.56 Å². The fraction of sp³-hybridized carbons (Fsp3) is 0.120. The normalized spacial score (nSPS) is 10.9. The van der Waals surface area contributed by atoms with Gasteiger partial charge in [-0.1, -0.05) is 47.6 Å². The molecule has 1 amide bonds. The standard InChI is InChI=1S/C25H21ClN6O5S/c1-36-21-11-9-17(13-22(21)37-2)24-29-30-25(31(24)18-6-4-3-5-7-18)38-15-23(33)28-27-14-16-8-10-19(26)20(12-16)32(34)35/h3-14H,15H2,1-2H3,(H,28,33). The molecule has 4 aromatic rings. The molecule has 11 nitrogen and oxygen atoms in total. The van der Waals surface area contributed by atoms with E-state index in [1.807, 2.05) is 41.0 Å². The number of rotatable bonds is 10. The number of nitro groups is 1. The molecule has 0 radical (unpaired) electrons. The Morgan fingerprint density at radius 2 is 1.87 bits per heavy atom. The molecule has 0 bridgehead atoms. The second-order valence-electron chi connectivity index (χ2n) is 7.60. The van der Waals surface area contributed by atoms with E-state index in [-0.39, 0.29) is 16.5 Å². The average molecular weight is 553 g/mol. The molecule has 0 spiro atoms. The van der Waals surface area contributed by atoms with Crippen molar-refractivity contribution < 1.29 is 19.2 Å². The van der Waals surface area contributed by atoms with Crippen molar-refractivity contribution >= 4 is 41.2 Å². The third-order valence-electron chi connectivity index (χ3n) is 5.19. The van der Waals surface area contributed by atoms with Gasteiger partial charge in [0.2, 0.25) is 0 Å². The van der Waals surface area contributed by atoms with Crippen molar-refractivity contribution in [3.8, 4) is 28.6 Å². The Labute approximate surface area is 226 Å². The topological polar surface area (TPSA) is 134 Å². The number of nitro benzene ring substituents is 1. The number of amides is 1. The monoisotopic (exact) mass is 552 g/mol. The van der Waals surface area contributed by atoms with Crippen LogP contribution in [-0.4, -0.2) is 51.8 Å². The molecule has 0 unspecified atom stereocenters. The lowest BCUT2D eigenvalue weighted by Crippen LogP contribution is -2.20. The van der Waals surface area contributed by atoms with Gasteiger partial charge in [-0.15, -0.1) is 10.2 Å². The molecule has 4 rings (SSSR count). The minimum Gasteiger partial charge on any atom is -0.493 e. The van der Waals surface area contributed by atoms with Gasteiger partial charge in [-0.25, -0.2) is 5.43 Å². The third kappa shape index (κ3) is 6.10. The largest absolute Gasteiger partial charge is 0.493 e. The highest BCUT2D eigenvalue weighted by Gasteiger charge is 2.19. The minimum absolute atomic E-state index is 0.00495. The SMILES string of the molecule is COc1ccc(-c2nnc(SCC(=O)NN=Cc3ccc(Cl)c([N+](=O)[O-])c3)n2-c2ccccc2)cc1OC. The van der Waals surface area contributed by atoms with E-state index in [2.05, 4.69) is 20.7 Å². The number of halogens is 1. The Hall–Kier alpha value is -4.42. The van der Waals surface area contributed by atoms with E-state index in [4.69, 9.17) is 21.1 Å². The van der Waals surface area contributed by atoms with Crippen molar-refractivity contribution in [2.45, 2.75) is 5.16 Å². The summed E-state index contributed by atoms with van der Waals surface area (Å²) >= 11 is 7.00. The molecule has 0 aliphatic rings. The van der Waals surface area contributed by atoms with Gasteiger partial charge in [0, 0.05) is 22.9 Å². The van der Waals surface area contributed by atoms with Crippen LogP contribution in [0.5, 0.6) is 11.5 Å². The van der Waals surface area contributed by atoms with Crippen molar-refractivity contribution in [3.05, 3.63) is 87.4 Å². The average Bonchev–Trinajstić information content (AvgIpc) is 3.36. The summed E-state index contributed by atoms with van der Waals surface area (Å²) in [6.07, 6.45) is 1.30. The zero-order valence-corrected chi connectivity index (χ0v) is 21.8. The van der Waals surface area contributed by atoms with Gasteiger partial charge in [-0.2, -0.15) is 5.10 Å². The molecular formula is C25H21ClN6O5S. The van der Waals surface area contributed by atoms with E-state index in [0.29, 0.717) is 28.0 Å². The molecule has 3 aromatic carbocycles. The second-order valence-corrected chi connectivity index (χ2v) is 8.95. The number of thioether (sulfide) groups is 1. The number of para-hydroxylation sites is 1. The first-order chi connectivity index (χ1) is 18.4. The van der Waals surface area contributed by atoms with Crippen molar-refractivity contribution in [1.82, 2.24) is 20.2 Å². The van der Waals surface area contributed by atoms with Crippen molar-refractivity contribution in [3.63, 3.8) is 0 Å². The number of carbonyl (C=O) groups is 1. The first kappa shape index (κ1) is 26.6. The molecule has 13 heteroatoms. The second kappa shape index (κ2) is 12.2. The van der Waals surface area contributed by atoms with E-state index in [0.717, 1.165) is 11.3 Å². The van der Waals surface area contributed by atoms with Crippen LogP contribution in [0, 0.1) is 10.1 Å². The van der Waals surface area contributed by atoms with Crippen molar-refractivity contribution in [2.24, 2.45) is 5.10 Å². The van der Waals surface area contributed by atoms with Gasteiger partial charge < -0.3 is 9.47 Å². The fourth-order valence-electron chi connectivity index (χ4n) is 3.43. The van der Waals surface area contributed by atoms with Gasteiger partial charge in [0.1, 0.15) is 5.02 Å². The zero-order valence-electron chi connectivity index (χ0n) is 20.2. The molecule has 194 valence electrons. The summed E-state index contributed by atoms with van der Waals surface area (Å²) in [5.74, 6) is 1.29. The highest BCUT2D eigenvalue weighted by Crippen LogP contribution is 2.34. The van der Waals surface area contributed by atoms with Crippen molar-refractivity contribution in [1.29, 1.82) is 0 Å². The molecule has 1 aromatic heterocycles. The van der Waals surface area contributed by atoms with Crippen LogP contribution in [0.2, 0.25) is 5.02 Å². The first-order valence-electron chi connectivity index (χ1n) is 11.0. The molecule has 0 saturated carbocycles. The fourth-order valence-corrected chi connectivity index (χ4v) is 4.36. The maximum absolute atomic E-state index is 12.5. The van der Waals surface area contributed by atoms with Crippen molar-refractivity contribution in [2.75, 3.05) is 20.0 Å². The summed E-state index contributed by atoms with van der Waals surface area (Å²) in [6, 6.07) is 19.2. The van der Waals surface area contributed by atoms with Crippen LogP contribution >= 0.6 is 23.4 Å². The Bertz CT molecular complexity index is 1500. The highest BCUT2D eigenvalue weighted by molar-refractivity contribution is 7.99. The number of hydrazone groups is 1. The number of hydrogen-bond donors (Lipinski definition) is 1. The van der Waals surface area contributed by atoms with Gasteiger partial charge in [0.15, 0.2) is 22.5 Å². The summed E-state index contributed by atoms with van der Waals surface area (Å²) in [7, 11) is 3.12. The lowest BCUT2D eigenvalue weighted by molar-refractivity contribution is -0.384. The smallest absolute Gasteiger partial charge is 0.288 e. The molecule has 1 N–H and O–H groups in total. The van der Waals surface area contributed by atoms with Gasteiger partial charge in [0.05, 0.1) is 31.1 Å². The van der Waals surface area contributed by atoms with Gasteiger partial charge in [0.25, 0.3) is 11.6 Å². The van der Waals surface area contributed by atoms with Crippen LogP contribution in [0.25, 0.3) is 17.1 Å². The number of hydrogen-bond acceptors (Lipinski definition) is 9.